The monoisotopic (exact) mass is 618 g/mol. The molecule has 0 radical (unpaired) electrons. The van der Waals surface area contributed by atoms with Gasteiger partial charge in [0, 0.05) is 57.8 Å². The molecule has 218 valence electrons. The summed E-state index contributed by atoms with van der Waals surface area (Å²) in [6.07, 6.45) is 0. The van der Waals surface area contributed by atoms with Crippen molar-refractivity contribution >= 4 is 78.2 Å². The molecule has 44 heavy (non-hydrogen) atoms. The fourth-order valence-electron chi connectivity index (χ4n) is 6.62. The zero-order valence-corrected chi connectivity index (χ0v) is 26.2. The van der Waals surface area contributed by atoms with Crippen molar-refractivity contribution in [3.8, 4) is 23.0 Å². The molecule has 0 N–H and O–H groups in total. The SMILES string of the molecule is CC.CCn1c2ccccc2c2cc3c(cc21)Oc1c(Cl)c2c(c(Cl)c1=N3)Oc1cc3c(cc1N=2)c1ccccc1n3CC. The molecule has 2 aliphatic heterocycles. The Morgan fingerprint density at radius 3 is 1.39 bits per heavy atom. The third kappa shape index (κ3) is 3.61. The Hall–Kier alpha value is -4.52. The second kappa shape index (κ2) is 10.0. The van der Waals surface area contributed by atoms with Gasteiger partial charge in [-0.15, -0.1) is 0 Å². The number of para-hydroxylation sites is 2. The average molecular weight is 620 g/mol. The standard InChI is InChI=1S/C34H22Cl2N4O2.C2H6/c1-3-39-23-11-7-5-9-17(23)19-13-21-27(15-25(19)39)41-33-29(35)32-34(30(36)31(33)37-21)42-28-16-26-20(14-22(28)38-32)18-10-6-8-12-24(18)40(26)4-2;1-2/h5-16H,3-4H2,1-2H3;1-2H3. The van der Waals surface area contributed by atoms with Gasteiger partial charge in [-0.25, -0.2) is 9.98 Å². The van der Waals surface area contributed by atoms with Crippen LogP contribution in [-0.4, -0.2) is 9.13 Å². The summed E-state index contributed by atoms with van der Waals surface area (Å²) in [6, 6.07) is 25.0. The molecule has 0 aliphatic carbocycles. The lowest BCUT2D eigenvalue weighted by Gasteiger charge is -2.21. The topological polar surface area (TPSA) is 53.0 Å². The van der Waals surface area contributed by atoms with Crippen LogP contribution in [-0.2, 0) is 13.1 Å². The van der Waals surface area contributed by atoms with E-state index in [2.05, 4.69) is 83.6 Å². The number of ether oxygens (including phenoxy) is 2. The van der Waals surface area contributed by atoms with Crippen molar-refractivity contribution in [1.82, 2.24) is 9.13 Å². The summed E-state index contributed by atoms with van der Waals surface area (Å²) in [4.78, 5) is 9.91. The van der Waals surface area contributed by atoms with E-state index >= 15 is 0 Å². The van der Waals surface area contributed by atoms with Gasteiger partial charge in [0.25, 0.3) is 0 Å². The van der Waals surface area contributed by atoms with Crippen LogP contribution in [0.2, 0.25) is 10.0 Å². The molecule has 8 heteroatoms. The van der Waals surface area contributed by atoms with Gasteiger partial charge in [0.2, 0.25) is 0 Å². The Kier molecular flexibility index (Phi) is 6.16. The normalized spacial score (nSPS) is 12.8. The maximum Gasteiger partial charge on any atom is 0.175 e. The highest BCUT2D eigenvalue weighted by Crippen LogP contribution is 2.46. The van der Waals surface area contributed by atoms with Gasteiger partial charge in [0.15, 0.2) is 23.0 Å². The quantitative estimate of drug-likeness (QED) is 0.193. The van der Waals surface area contributed by atoms with E-state index in [9.17, 15) is 0 Å². The van der Waals surface area contributed by atoms with Crippen molar-refractivity contribution in [2.45, 2.75) is 40.8 Å². The number of aryl methyl sites for hydroxylation is 2. The highest BCUT2D eigenvalue weighted by atomic mass is 35.5. The molecule has 4 heterocycles. The van der Waals surface area contributed by atoms with Gasteiger partial charge in [-0.05, 0) is 38.1 Å². The van der Waals surface area contributed by atoms with Gasteiger partial charge >= 0.3 is 0 Å². The molecular formula is C36H28Cl2N4O2. The molecule has 2 aliphatic rings. The maximum absolute atomic E-state index is 7.00. The first-order chi connectivity index (χ1) is 21.6. The van der Waals surface area contributed by atoms with Gasteiger partial charge in [0.05, 0.1) is 11.0 Å². The predicted molar refractivity (Wildman–Crippen MR) is 180 cm³/mol. The third-order valence-electron chi connectivity index (χ3n) is 8.47. The number of hydrogen-bond donors (Lipinski definition) is 0. The molecule has 0 atom stereocenters. The predicted octanol–water partition coefficient (Wildman–Crippen LogP) is 10.4. The summed E-state index contributed by atoms with van der Waals surface area (Å²) in [7, 11) is 0. The average Bonchev–Trinajstić information content (AvgIpc) is 3.55. The molecule has 0 amide bonds. The molecular weight excluding hydrogens is 591 g/mol. The van der Waals surface area contributed by atoms with E-state index in [1.54, 1.807) is 0 Å². The van der Waals surface area contributed by atoms with E-state index in [0.29, 0.717) is 55.1 Å². The molecule has 0 unspecified atom stereocenters. The molecule has 0 bridgehead atoms. The molecule has 6 nitrogen and oxygen atoms in total. The van der Waals surface area contributed by atoms with Crippen molar-refractivity contribution in [3.05, 3.63) is 93.6 Å². The minimum atomic E-state index is 0.316. The van der Waals surface area contributed by atoms with Crippen LogP contribution in [0.3, 0.4) is 0 Å². The van der Waals surface area contributed by atoms with E-state index in [-0.39, 0.29) is 0 Å². The van der Waals surface area contributed by atoms with E-state index in [1.807, 2.05) is 26.0 Å². The minimum absolute atomic E-state index is 0.316. The summed E-state index contributed by atoms with van der Waals surface area (Å²) in [5, 5.41) is 6.07. The fraction of sp³-hybridized carbons (Fsp3) is 0.167. The van der Waals surface area contributed by atoms with E-state index in [0.717, 1.165) is 34.9 Å². The minimum Gasteiger partial charge on any atom is -0.451 e. The summed E-state index contributed by atoms with van der Waals surface area (Å²) < 4.78 is 17.5. The van der Waals surface area contributed by atoms with Crippen LogP contribution in [0.25, 0.3) is 43.6 Å². The first-order valence-electron chi connectivity index (χ1n) is 15.0. The first kappa shape index (κ1) is 27.1. The molecule has 0 fully saturated rings. The summed E-state index contributed by atoms with van der Waals surface area (Å²) in [5.41, 5.74) is 5.87. The van der Waals surface area contributed by atoms with Crippen LogP contribution < -0.4 is 20.2 Å². The van der Waals surface area contributed by atoms with E-state index < -0.39 is 0 Å². The maximum atomic E-state index is 7.00. The Bertz CT molecular complexity index is 2300. The number of hydrogen-bond acceptors (Lipinski definition) is 4. The van der Waals surface area contributed by atoms with Crippen LogP contribution in [0.4, 0.5) is 11.4 Å². The fourth-order valence-corrected chi connectivity index (χ4v) is 7.13. The highest BCUT2D eigenvalue weighted by Gasteiger charge is 2.28. The second-order valence-corrected chi connectivity index (χ2v) is 11.4. The highest BCUT2D eigenvalue weighted by molar-refractivity contribution is 6.35. The number of nitrogens with zero attached hydrogens (tertiary/aromatic N) is 4. The van der Waals surface area contributed by atoms with E-state index in [1.165, 1.54) is 21.8 Å². The largest absolute Gasteiger partial charge is 0.451 e. The lowest BCUT2D eigenvalue weighted by atomic mass is 10.1. The Morgan fingerprint density at radius 2 is 0.977 bits per heavy atom. The summed E-state index contributed by atoms with van der Waals surface area (Å²) in [5.74, 6) is 2.00. The second-order valence-electron chi connectivity index (χ2n) is 10.6. The van der Waals surface area contributed by atoms with Crippen molar-refractivity contribution < 1.29 is 9.47 Å². The van der Waals surface area contributed by atoms with Gasteiger partial charge in [-0.2, -0.15) is 0 Å². The lowest BCUT2D eigenvalue weighted by Crippen LogP contribution is -2.22. The molecule has 5 aromatic carbocycles. The summed E-state index contributed by atoms with van der Waals surface area (Å²) in [6.45, 7) is 9.94. The number of rotatable bonds is 2. The third-order valence-corrected chi connectivity index (χ3v) is 9.17. The number of aromatic nitrogens is 2. The lowest BCUT2D eigenvalue weighted by molar-refractivity contribution is 0.452. The smallest absolute Gasteiger partial charge is 0.175 e. The Balaban J connectivity index is 0.00000142. The number of halogens is 2. The zero-order valence-electron chi connectivity index (χ0n) is 24.7. The first-order valence-corrected chi connectivity index (χ1v) is 15.8. The number of fused-ring (bicyclic) bond motifs is 10. The molecule has 7 aromatic rings. The molecule has 0 spiro atoms. The Morgan fingerprint density at radius 1 is 0.568 bits per heavy atom. The zero-order chi connectivity index (χ0) is 30.3. The van der Waals surface area contributed by atoms with Crippen LogP contribution in [0.5, 0.6) is 23.0 Å². The van der Waals surface area contributed by atoms with Crippen molar-refractivity contribution in [2.75, 3.05) is 0 Å². The van der Waals surface area contributed by atoms with Gasteiger partial charge in [-0.1, -0.05) is 73.4 Å². The molecule has 0 saturated carbocycles. The van der Waals surface area contributed by atoms with Gasteiger partial charge in [-0.3, -0.25) is 0 Å². The molecule has 0 saturated heterocycles. The van der Waals surface area contributed by atoms with Gasteiger partial charge in [0.1, 0.15) is 32.1 Å². The van der Waals surface area contributed by atoms with Crippen LogP contribution >= 0.6 is 23.2 Å². The molecule has 2 aromatic heterocycles. The Labute approximate surface area is 263 Å². The molecule has 9 rings (SSSR count). The number of benzene rings is 5. The van der Waals surface area contributed by atoms with Crippen molar-refractivity contribution in [3.63, 3.8) is 0 Å². The van der Waals surface area contributed by atoms with Gasteiger partial charge < -0.3 is 18.6 Å². The van der Waals surface area contributed by atoms with Crippen molar-refractivity contribution in [2.24, 2.45) is 9.98 Å². The summed E-state index contributed by atoms with van der Waals surface area (Å²) >= 11 is 14.0. The van der Waals surface area contributed by atoms with E-state index in [4.69, 9.17) is 42.7 Å². The van der Waals surface area contributed by atoms with Crippen molar-refractivity contribution in [1.29, 1.82) is 0 Å². The van der Waals surface area contributed by atoms with Crippen LogP contribution in [0, 0.1) is 0 Å². The van der Waals surface area contributed by atoms with Crippen LogP contribution in [0.15, 0.2) is 82.8 Å². The van der Waals surface area contributed by atoms with Crippen LogP contribution in [0.1, 0.15) is 27.7 Å².